The van der Waals surface area contributed by atoms with Crippen LogP contribution in [0.3, 0.4) is 0 Å². The van der Waals surface area contributed by atoms with Crippen molar-refractivity contribution in [2.45, 2.75) is 60.3 Å². The Labute approximate surface area is 309 Å². The Bertz CT molecular complexity index is 2280. The van der Waals surface area contributed by atoms with Crippen LogP contribution >= 0.6 is 11.3 Å². The second-order valence-electron chi connectivity index (χ2n) is 12.1. The van der Waals surface area contributed by atoms with Crippen LogP contribution in [0.5, 0.6) is 0 Å². The van der Waals surface area contributed by atoms with Gasteiger partial charge in [-0.3, -0.25) is 0 Å². The Hall–Kier alpha value is -4.96. The zero-order chi connectivity index (χ0) is 36.2. The molecule has 0 radical (unpaired) electrons. The number of allylic oxidation sites excluding steroid dienone is 5. The van der Waals surface area contributed by atoms with Gasteiger partial charge in [-0.2, -0.15) is 0 Å². The number of hydrogen-bond donors (Lipinski definition) is 1. The fraction of sp³-hybridized carbons (Fsp3) is 0.208. The molecule has 0 unspecified atom stereocenters. The van der Waals surface area contributed by atoms with Crippen LogP contribution in [0.2, 0.25) is 0 Å². The zero-order valence-electron chi connectivity index (χ0n) is 31.1. The first-order chi connectivity index (χ1) is 25.2. The van der Waals surface area contributed by atoms with Gasteiger partial charge in [0.2, 0.25) is 0 Å². The fourth-order valence-corrected chi connectivity index (χ4v) is 8.11. The Balaban J connectivity index is 0.000000338. The molecule has 7 aromatic rings. The van der Waals surface area contributed by atoms with Crippen molar-refractivity contribution in [3.05, 3.63) is 168 Å². The molecule has 2 heterocycles. The number of aryl methyl sites for hydroxylation is 1. The van der Waals surface area contributed by atoms with Crippen LogP contribution in [0.15, 0.2) is 145 Å². The van der Waals surface area contributed by atoms with E-state index in [1.54, 1.807) is 0 Å². The average molecular weight is 689 g/mol. The highest BCUT2D eigenvalue weighted by Gasteiger charge is 2.20. The van der Waals surface area contributed by atoms with Gasteiger partial charge in [-0.25, -0.2) is 0 Å². The average Bonchev–Trinajstić information content (AvgIpc) is 3.91. The molecule has 0 spiro atoms. The molecule has 0 aliphatic heterocycles. The summed E-state index contributed by atoms with van der Waals surface area (Å²) in [7, 11) is 1.50. The minimum absolute atomic E-state index is 1.00. The van der Waals surface area contributed by atoms with Crippen molar-refractivity contribution in [3.8, 4) is 16.8 Å². The topological polar surface area (TPSA) is 30.9 Å². The molecule has 0 fully saturated rings. The summed E-state index contributed by atoms with van der Waals surface area (Å²) in [6.07, 6.45) is 15.7. The number of fused-ring (bicyclic) bond motifs is 6. The summed E-state index contributed by atoms with van der Waals surface area (Å²) in [4.78, 5) is 0. The predicted octanol–water partition coefficient (Wildman–Crippen LogP) is 13.7. The maximum absolute atomic E-state index is 4.50. The molecule has 5 aromatic carbocycles. The Morgan fingerprint density at radius 3 is 2.20 bits per heavy atom. The zero-order valence-corrected chi connectivity index (χ0v) is 31.9. The quantitative estimate of drug-likeness (QED) is 0.196. The molecule has 9 rings (SSSR count). The molecule has 0 saturated heterocycles. The smallest absolute Gasteiger partial charge is 0.0543 e. The first-order valence-electron chi connectivity index (χ1n) is 18.5. The largest absolute Gasteiger partial charge is 0.333 e. The van der Waals surface area contributed by atoms with Crippen LogP contribution in [0.4, 0.5) is 0 Å². The van der Waals surface area contributed by atoms with E-state index in [-0.39, 0.29) is 0 Å². The lowest BCUT2D eigenvalue weighted by Gasteiger charge is -2.13. The van der Waals surface area contributed by atoms with E-state index in [4.69, 9.17) is 0 Å². The second-order valence-corrected chi connectivity index (χ2v) is 13.2. The monoisotopic (exact) mass is 688 g/mol. The van der Waals surface area contributed by atoms with Crippen molar-refractivity contribution in [1.29, 1.82) is 0 Å². The van der Waals surface area contributed by atoms with Gasteiger partial charge >= 0.3 is 0 Å². The van der Waals surface area contributed by atoms with Crippen molar-refractivity contribution < 1.29 is 0 Å². The molecule has 2 aromatic heterocycles. The van der Waals surface area contributed by atoms with Crippen LogP contribution in [0.25, 0.3) is 54.0 Å². The van der Waals surface area contributed by atoms with Crippen LogP contribution in [-0.4, -0.2) is 11.6 Å². The standard InChI is InChI=1S/C36H27NS.C7H8.2C2H6.CH5N/c1-2-9-24(10-3-1)21-25-11-6-12-27(22-25)37-33-17-8-15-29(33)30-20-19-26(23-34(30)37)28-14-7-16-32-31-13-4-5-18-35(31)38-36(28)32;1-7-5-3-2-4-6-7;3*1-2/h1-2,4-9,11-14,16-20,22-23H,3,10,15,21H2;2-6H,1H3;2*1-2H3;2H2,1H3. The number of aromatic nitrogens is 1. The van der Waals surface area contributed by atoms with Gasteiger partial charge in [-0.05, 0) is 92.2 Å². The first-order valence-corrected chi connectivity index (χ1v) is 19.3. The van der Waals surface area contributed by atoms with Crippen LogP contribution in [-0.2, 0) is 12.8 Å². The van der Waals surface area contributed by atoms with Gasteiger partial charge < -0.3 is 10.3 Å². The summed E-state index contributed by atoms with van der Waals surface area (Å²) in [5, 5.41) is 4.06. The molecule has 2 aliphatic carbocycles. The molecule has 0 bridgehead atoms. The van der Waals surface area contributed by atoms with Gasteiger partial charge in [0.1, 0.15) is 0 Å². The highest BCUT2D eigenvalue weighted by Crippen LogP contribution is 2.42. The van der Waals surface area contributed by atoms with Gasteiger partial charge in [-0.1, -0.05) is 154 Å². The van der Waals surface area contributed by atoms with Crippen LogP contribution in [0.1, 0.15) is 62.9 Å². The summed E-state index contributed by atoms with van der Waals surface area (Å²) >= 11 is 1.90. The molecular formula is C48H52N2S. The normalized spacial score (nSPS) is 12.4. The fourth-order valence-electron chi connectivity index (χ4n) is 6.87. The summed E-state index contributed by atoms with van der Waals surface area (Å²) in [6, 6.07) is 42.0. The van der Waals surface area contributed by atoms with E-state index in [0.717, 1.165) is 25.7 Å². The lowest BCUT2D eigenvalue weighted by atomic mass is 9.97. The van der Waals surface area contributed by atoms with Crippen molar-refractivity contribution in [1.82, 2.24) is 4.57 Å². The summed E-state index contributed by atoms with van der Waals surface area (Å²) in [6.45, 7) is 10.1. The van der Waals surface area contributed by atoms with E-state index in [2.05, 4.69) is 145 Å². The first kappa shape index (κ1) is 37.3. The number of benzene rings is 5. The minimum atomic E-state index is 1.00. The van der Waals surface area contributed by atoms with E-state index in [1.807, 2.05) is 57.2 Å². The number of nitrogens with two attached hydrogens (primary N) is 1. The maximum atomic E-state index is 4.50. The molecular weight excluding hydrogens is 637 g/mol. The molecule has 260 valence electrons. The highest BCUT2D eigenvalue weighted by atomic mass is 32.1. The van der Waals surface area contributed by atoms with Crippen molar-refractivity contribution >= 4 is 48.5 Å². The number of rotatable bonds is 4. The summed E-state index contributed by atoms with van der Waals surface area (Å²) in [5.74, 6) is 0. The summed E-state index contributed by atoms with van der Waals surface area (Å²) < 4.78 is 5.21. The Morgan fingerprint density at radius 2 is 1.45 bits per heavy atom. The second kappa shape index (κ2) is 18.3. The highest BCUT2D eigenvalue weighted by molar-refractivity contribution is 7.26. The van der Waals surface area contributed by atoms with Gasteiger partial charge in [-0.15, -0.1) is 11.3 Å². The Morgan fingerprint density at radius 1 is 0.706 bits per heavy atom. The van der Waals surface area contributed by atoms with E-state index >= 15 is 0 Å². The van der Waals surface area contributed by atoms with E-state index in [9.17, 15) is 0 Å². The van der Waals surface area contributed by atoms with E-state index in [1.165, 1.54) is 82.9 Å². The van der Waals surface area contributed by atoms with Crippen molar-refractivity contribution in [3.63, 3.8) is 0 Å². The lowest BCUT2D eigenvalue weighted by molar-refractivity contribution is 0.910. The van der Waals surface area contributed by atoms with Crippen LogP contribution in [0, 0.1) is 6.92 Å². The van der Waals surface area contributed by atoms with Crippen molar-refractivity contribution in [2.24, 2.45) is 5.73 Å². The lowest BCUT2D eigenvalue weighted by Crippen LogP contribution is -1.99. The van der Waals surface area contributed by atoms with Gasteiger partial charge in [0.15, 0.2) is 0 Å². The molecule has 0 amide bonds. The third kappa shape index (κ3) is 8.17. The van der Waals surface area contributed by atoms with E-state index < -0.39 is 0 Å². The van der Waals surface area contributed by atoms with Gasteiger partial charge in [0, 0.05) is 31.2 Å². The minimum Gasteiger partial charge on any atom is -0.333 e. The SMILES string of the molecule is C1=CCCC(Cc2cccc(-n3c4c(c5ccc(-c6cccc7c6sc6ccccc67)cc53)CC=C4)c2)=C1.CC.CC.CN.Cc1ccccc1. The number of hydrogen-bond acceptors (Lipinski definition) is 2. The molecule has 2 nitrogen and oxygen atoms in total. The molecule has 0 saturated carbocycles. The predicted molar refractivity (Wildman–Crippen MR) is 228 cm³/mol. The third-order valence-electron chi connectivity index (χ3n) is 9.07. The third-order valence-corrected chi connectivity index (χ3v) is 10.3. The van der Waals surface area contributed by atoms with Gasteiger partial charge in [0.25, 0.3) is 0 Å². The van der Waals surface area contributed by atoms with Crippen LogP contribution < -0.4 is 5.73 Å². The van der Waals surface area contributed by atoms with Crippen molar-refractivity contribution in [2.75, 3.05) is 7.05 Å². The number of thiophene rings is 1. The molecule has 2 aliphatic rings. The molecule has 3 heteroatoms. The number of nitrogens with zero attached hydrogens (tertiary/aromatic N) is 1. The molecule has 0 atom stereocenters. The summed E-state index contributed by atoms with van der Waals surface area (Å²) in [5.41, 5.74) is 16.6. The van der Waals surface area contributed by atoms with E-state index in [0.29, 0.717) is 0 Å². The molecule has 2 N–H and O–H groups in total. The maximum Gasteiger partial charge on any atom is 0.0543 e. The van der Waals surface area contributed by atoms with Gasteiger partial charge in [0.05, 0.1) is 11.2 Å². The molecule has 51 heavy (non-hydrogen) atoms. The Kier molecular flexibility index (Phi) is 13.4.